The van der Waals surface area contributed by atoms with E-state index in [1.54, 1.807) is 19.1 Å². The Bertz CT molecular complexity index is 1030. The minimum atomic E-state index is -0.966. The minimum Gasteiger partial charge on any atom is -0.493 e. The number of carbonyl (C=O) groups is 2. The van der Waals surface area contributed by atoms with E-state index in [2.05, 4.69) is 5.32 Å². The van der Waals surface area contributed by atoms with Gasteiger partial charge in [0.05, 0.1) is 6.61 Å². The van der Waals surface area contributed by atoms with E-state index in [4.69, 9.17) is 14.2 Å². The number of amides is 1. The summed E-state index contributed by atoms with van der Waals surface area (Å²) in [6, 6.07) is 24.3. The van der Waals surface area contributed by atoms with Gasteiger partial charge in [-0.05, 0) is 47.9 Å². The summed E-state index contributed by atoms with van der Waals surface area (Å²) in [6.45, 7) is 3.01. The monoisotopic (exact) mass is 463 g/mol. The van der Waals surface area contributed by atoms with Gasteiger partial charge in [-0.2, -0.15) is 0 Å². The quantitative estimate of drug-likeness (QED) is 0.407. The standard InChI is InChI=1S/C27H29NO6/c1-2-32-25(26(29)30)18-21-10-12-23(13-11-21)33-17-16-20-8-14-24(15-9-20)34-27(31)28-19-22-6-4-3-5-7-22/h3-15,25H,2,16-19H2,1H3,(H,28,31)(H,29,30). The maximum Gasteiger partial charge on any atom is 0.412 e. The Kier molecular flexibility index (Phi) is 9.49. The molecule has 3 rings (SSSR count). The third-order valence-electron chi connectivity index (χ3n) is 5.06. The van der Waals surface area contributed by atoms with Crippen LogP contribution in [-0.4, -0.2) is 36.5 Å². The summed E-state index contributed by atoms with van der Waals surface area (Å²) < 4.78 is 16.3. The van der Waals surface area contributed by atoms with Crippen molar-refractivity contribution in [2.45, 2.75) is 32.4 Å². The van der Waals surface area contributed by atoms with Crippen molar-refractivity contribution in [3.63, 3.8) is 0 Å². The highest BCUT2D eigenvalue weighted by molar-refractivity contribution is 5.72. The molecule has 0 aliphatic rings. The Hall–Kier alpha value is -3.84. The van der Waals surface area contributed by atoms with E-state index in [-0.39, 0.29) is 0 Å². The average molecular weight is 464 g/mol. The van der Waals surface area contributed by atoms with Gasteiger partial charge in [-0.1, -0.05) is 54.6 Å². The van der Waals surface area contributed by atoms with Gasteiger partial charge in [-0.15, -0.1) is 0 Å². The molecular formula is C27H29NO6. The number of carbonyl (C=O) groups excluding carboxylic acids is 1. The van der Waals surface area contributed by atoms with Crippen LogP contribution in [-0.2, 0) is 28.9 Å². The zero-order chi connectivity index (χ0) is 24.2. The van der Waals surface area contributed by atoms with Crippen molar-refractivity contribution in [2.75, 3.05) is 13.2 Å². The van der Waals surface area contributed by atoms with E-state index >= 15 is 0 Å². The molecule has 3 aromatic carbocycles. The van der Waals surface area contributed by atoms with Gasteiger partial charge in [0.25, 0.3) is 0 Å². The summed E-state index contributed by atoms with van der Waals surface area (Å²) >= 11 is 0. The van der Waals surface area contributed by atoms with E-state index in [9.17, 15) is 14.7 Å². The maximum absolute atomic E-state index is 12.0. The van der Waals surface area contributed by atoms with Crippen LogP contribution in [0.3, 0.4) is 0 Å². The lowest BCUT2D eigenvalue weighted by atomic mass is 10.1. The number of carboxylic acids is 1. The lowest BCUT2D eigenvalue weighted by molar-refractivity contribution is -0.149. The number of aliphatic carboxylic acids is 1. The molecular weight excluding hydrogens is 434 g/mol. The molecule has 0 saturated carbocycles. The fraction of sp³-hybridized carbons (Fsp3) is 0.259. The molecule has 3 aromatic rings. The second-order valence-corrected chi connectivity index (χ2v) is 7.60. The second-order valence-electron chi connectivity index (χ2n) is 7.60. The fourth-order valence-corrected chi connectivity index (χ4v) is 3.28. The number of ether oxygens (including phenoxy) is 3. The Balaban J connectivity index is 1.39. The van der Waals surface area contributed by atoms with Gasteiger partial charge < -0.3 is 24.6 Å². The third kappa shape index (κ3) is 8.26. The van der Waals surface area contributed by atoms with Gasteiger partial charge in [0, 0.05) is 26.0 Å². The Morgan fingerprint density at radius 1 is 0.853 bits per heavy atom. The van der Waals surface area contributed by atoms with Crippen LogP contribution in [0.2, 0.25) is 0 Å². The summed E-state index contributed by atoms with van der Waals surface area (Å²) in [5.74, 6) is 0.214. The van der Waals surface area contributed by atoms with Crippen LogP contribution in [0.4, 0.5) is 4.79 Å². The lowest BCUT2D eigenvalue weighted by Crippen LogP contribution is -2.26. The van der Waals surface area contributed by atoms with Gasteiger partial charge in [-0.25, -0.2) is 9.59 Å². The van der Waals surface area contributed by atoms with Crippen molar-refractivity contribution in [1.82, 2.24) is 5.32 Å². The minimum absolute atomic E-state index is 0.308. The molecule has 0 bridgehead atoms. The number of hydrogen-bond donors (Lipinski definition) is 2. The van der Waals surface area contributed by atoms with E-state index in [0.717, 1.165) is 16.7 Å². The van der Waals surface area contributed by atoms with Gasteiger partial charge in [0.2, 0.25) is 0 Å². The van der Waals surface area contributed by atoms with Gasteiger partial charge in [0.1, 0.15) is 11.5 Å². The third-order valence-corrected chi connectivity index (χ3v) is 5.06. The predicted octanol–water partition coefficient (Wildman–Crippen LogP) is 4.63. The first-order valence-corrected chi connectivity index (χ1v) is 11.2. The van der Waals surface area contributed by atoms with E-state index in [1.165, 1.54) is 0 Å². The molecule has 0 saturated heterocycles. The van der Waals surface area contributed by atoms with Gasteiger partial charge in [0.15, 0.2) is 6.10 Å². The molecule has 0 aliphatic heterocycles. The van der Waals surface area contributed by atoms with E-state index in [0.29, 0.717) is 44.1 Å². The summed E-state index contributed by atoms with van der Waals surface area (Å²) in [7, 11) is 0. The first-order valence-electron chi connectivity index (χ1n) is 11.2. The molecule has 0 radical (unpaired) electrons. The van der Waals surface area contributed by atoms with Gasteiger partial charge >= 0.3 is 12.1 Å². The molecule has 7 nitrogen and oxygen atoms in total. The summed E-state index contributed by atoms with van der Waals surface area (Å²) in [5, 5.41) is 11.9. The number of carboxylic acid groups (broad SMARTS) is 1. The fourth-order valence-electron chi connectivity index (χ4n) is 3.28. The Morgan fingerprint density at radius 3 is 2.15 bits per heavy atom. The average Bonchev–Trinajstić information content (AvgIpc) is 2.85. The van der Waals surface area contributed by atoms with Crippen molar-refractivity contribution < 1.29 is 28.9 Å². The molecule has 34 heavy (non-hydrogen) atoms. The Morgan fingerprint density at radius 2 is 1.50 bits per heavy atom. The van der Waals surface area contributed by atoms with Crippen molar-refractivity contribution in [1.29, 1.82) is 0 Å². The first-order chi connectivity index (χ1) is 16.5. The maximum atomic E-state index is 12.0. The highest BCUT2D eigenvalue weighted by atomic mass is 16.6. The van der Waals surface area contributed by atoms with Crippen molar-refractivity contribution in [3.8, 4) is 11.5 Å². The Labute approximate surface area is 199 Å². The van der Waals surface area contributed by atoms with Crippen molar-refractivity contribution >= 4 is 12.1 Å². The molecule has 0 aliphatic carbocycles. The molecule has 0 heterocycles. The van der Waals surface area contributed by atoms with Crippen LogP contribution < -0.4 is 14.8 Å². The smallest absolute Gasteiger partial charge is 0.412 e. The van der Waals surface area contributed by atoms with Crippen LogP contribution in [0.5, 0.6) is 11.5 Å². The van der Waals surface area contributed by atoms with Crippen LogP contribution in [0.1, 0.15) is 23.6 Å². The molecule has 0 fully saturated rings. The van der Waals surface area contributed by atoms with Crippen LogP contribution in [0.25, 0.3) is 0 Å². The largest absolute Gasteiger partial charge is 0.493 e. The molecule has 1 atom stereocenters. The summed E-state index contributed by atoms with van der Waals surface area (Å²) in [5.41, 5.74) is 2.92. The zero-order valence-electron chi connectivity index (χ0n) is 19.1. The topological polar surface area (TPSA) is 94.1 Å². The molecule has 178 valence electrons. The van der Waals surface area contributed by atoms with Crippen molar-refractivity contribution in [2.24, 2.45) is 0 Å². The van der Waals surface area contributed by atoms with E-state index < -0.39 is 18.2 Å². The first kappa shape index (κ1) is 24.8. The number of rotatable bonds is 12. The zero-order valence-corrected chi connectivity index (χ0v) is 19.1. The summed E-state index contributed by atoms with van der Waals surface area (Å²) in [6.07, 6.45) is -0.353. The summed E-state index contributed by atoms with van der Waals surface area (Å²) in [4.78, 5) is 23.2. The molecule has 0 spiro atoms. The van der Waals surface area contributed by atoms with E-state index in [1.807, 2.05) is 66.7 Å². The lowest BCUT2D eigenvalue weighted by Gasteiger charge is -2.13. The second kappa shape index (κ2) is 13.0. The molecule has 1 amide bonds. The number of hydrogen-bond acceptors (Lipinski definition) is 5. The van der Waals surface area contributed by atoms with Crippen LogP contribution in [0, 0.1) is 0 Å². The highest BCUT2D eigenvalue weighted by Crippen LogP contribution is 2.16. The normalized spacial score (nSPS) is 11.4. The van der Waals surface area contributed by atoms with Crippen LogP contribution in [0.15, 0.2) is 78.9 Å². The highest BCUT2D eigenvalue weighted by Gasteiger charge is 2.17. The number of nitrogens with one attached hydrogen (secondary N) is 1. The SMILES string of the molecule is CCOC(Cc1ccc(OCCc2ccc(OC(=O)NCc3ccccc3)cc2)cc1)C(=O)O. The van der Waals surface area contributed by atoms with Gasteiger partial charge in [-0.3, -0.25) is 0 Å². The predicted molar refractivity (Wildman–Crippen MR) is 128 cm³/mol. The number of benzene rings is 3. The van der Waals surface area contributed by atoms with Crippen molar-refractivity contribution in [3.05, 3.63) is 95.6 Å². The molecule has 2 N–H and O–H groups in total. The molecule has 7 heteroatoms. The van der Waals surface area contributed by atoms with Crippen LogP contribution >= 0.6 is 0 Å². The molecule has 0 aromatic heterocycles. The molecule has 1 unspecified atom stereocenters.